The van der Waals surface area contributed by atoms with Crippen LogP contribution in [-0.4, -0.2) is 17.0 Å². The van der Waals surface area contributed by atoms with Gasteiger partial charge in [-0.2, -0.15) is 0 Å². The van der Waals surface area contributed by atoms with Crippen LogP contribution in [0.25, 0.3) is 0 Å². The molecule has 1 aliphatic rings. The lowest BCUT2D eigenvalue weighted by Crippen LogP contribution is -2.38. The molecular formula is C13H16Cl2N2O2. The first-order chi connectivity index (χ1) is 9.06. The number of hydrogen-bond donors (Lipinski definition) is 1. The van der Waals surface area contributed by atoms with Gasteiger partial charge in [0.1, 0.15) is 16.9 Å². The molecule has 1 aromatic heterocycles. The summed E-state index contributed by atoms with van der Waals surface area (Å²) in [4.78, 5) is 15.8. The van der Waals surface area contributed by atoms with Gasteiger partial charge < -0.3 is 10.5 Å². The normalized spacial score (nSPS) is 23.1. The number of aromatic nitrogens is 1. The average Bonchev–Trinajstić information content (AvgIpc) is 2.35. The average molecular weight is 303 g/mol. The fraction of sp³-hybridized carbons (Fsp3) is 0.538. The third kappa shape index (κ3) is 4.06. The van der Waals surface area contributed by atoms with Crippen LogP contribution >= 0.6 is 23.2 Å². The van der Waals surface area contributed by atoms with Gasteiger partial charge in [-0.1, -0.05) is 36.0 Å². The van der Waals surface area contributed by atoms with Crippen molar-refractivity contribution in [2.75, 3.05) is 0 Å². The molecule has 1 heterocycles. The summed E-state index contributed by atoms with van der Waals surface area (Å²) in [5.41, 5.74) is 6.67. The van der Waals surface area contributed by atoms with E-state index in [1.807, 2.05) is 0 Å². The van der Waals surface area contributed by atoms with Crippen molar-refractivity contribution >= 4 is 29.2 Å². The Morgan fingerprint density at radius 1 is 1.32 bits per heavy atom. The number of carbonyl (C=O) groups excluding carboxylic acids is 1. The number of rotatable bonds is 3. The number of nitrogens with zero attached hydrogens (tertiary/aromatic N) is 1. The number of carbonyl (C=O) groups is 1. The summed E-state index contributed by atoms with van der Waals surface area (Å²) < 4.78 is 5.28. The lowest BCUT2D eigenvalue weighted by molar-refractivity contribution is -0.151. The van der Waals surface area contributed by atoms with Crippen molar-refractivity contribution in [2.45, 2.75) is 38.3 Å². The number of hydrogen-bond acceptors (Lipinski definition) is 4. The maximum atomic E-state index is 12.0. The van der Waals surface area contributed by atoms with Gasteiger partial charge in [0.25, 0.3) is 0 Å². The van der Waals surface area contributed by atoms with Crippen LogP contribution in [0.1, 0.15) is 31.2 Å². The van der Waals surface area contributed by atoms with Crippen LogP contribution in [0.4, 0.5) is 0 Å². The molecule has 0 unspecified atom stereocenters. The van der Waals surface area contributed by atoms with Crippen molar-refractivity contribution in [1.29, 1.82) is 0 Å². The Morgan fingerprint density at radius 3 is 2.58 bits per heavy atom. The SMILES string of the molecule is N[C@H]1CCCC[C@@H]1C(=O)OCc1cc(Cl)nc(Cl)c1. The van der Waals surface area contributed by atoms with Gasteiger partial charge in [0.2, 0.25) is 0 Å². The van der Waals surface area contributed by atoms with Crippen molar-refractivity contribution in [3.63, 3.8) is 0 Å². The van der Waals surface area contributed by atoms with Crippen LogP contribution in [0, 0.1) is 5.92 Å². The van der Waals surface area contributed by atoms with Crippen molar-refractivity contribution in [3.05, 3.63) is 28.0 Å². The van der Waals surface area contributed by atoms with E-state index in [9.17, 15) is 4.79 Å². The lowest BCUT2D eigenvalue weighted by Gasteiger charge is -2.26. The van der Waals surface area contributed by atoms with E-state index in [1.165, 1.54) is 0 Å². The van der Waals surface area contributed by atoms with E-state index in [0.29, 0.717) is 0 Å². The molecule has 19 heavy (non-hydrogen) atoms. The van der Waals surface area contributed by atoms with E-state index in [1.54, 1.807) is 12.1 Å². The second-order valence-corrected chi connectivity index (χ2v) is 5.56. The van der Waals surface area contributed by atoms with Crippen molar-refractivity contribution in [3.8, 4) is 0 Å². The van der Waals surface area contributed by atoms with Crippen LogP contribution < -0.4 is 5.73 Å². The zero-order chi connectivity index (χ0) is 13.8. The topological polar surface area (TPSA) is 65.2 Å². The zero-order valence-electron chi connectivity index (χ0n) is 10.4. The summed E-state index contributed by atoms with van der Waals surface area (Å²) in [6.45, 7) is 0.143. The highest BCUT2D eigenvalue weighted by atomic mass is 35.5. The van der Waals surface area contributed by atoms with E-state index in [0.717, 1.165) is 31.2 Å². The Hall–Kier alpha value is -0.840. The number of esters is 1. The molecular weight excluding hydrogens is 287 g/mol. The van der Waals surface area contributed by atoms with Crippen molar-refractivity contribution in [1.82, 2.24) is 4.98 Å². The zero-order valence-corrected chi connectivity index (χ0v) is 12.0. The van der Waals surface area contributed by atoms with E-state index >= 15 is 0 Å². The quantitative estimate of drug-likeness (QED) is 0.688. The molecule has 1 fully saturated rings. The Morgan fingerprint density at radius 2 is 1.95 bits per heavy atom. The highest BCUT2D eigenvalue weighted by Gasteiger charge is 2.29. The summed E-state index contributed by atoms with van der Waals surface area (Å²) in [7, 11) is 0. The minimum absolute atomic E-state index is 0.0918. The summed E-state index contributed by atoms with van der Waals surface area (Å²) in [5, 5.41) is 0.570. The van der Waals surface area contributed by atoms with E-state index < -0.39 is 0 Å². The molecule has 0 aliphatic heterocycles. The van der Waals surface area contributed by atoms with E-state index in [-0.39, 0.29) is 34.8 Å². The van der Waals surface area contributed by atoms with Gasteiger partial charge in [-0.05, 0) is 30.5 Å². The van der Waals surface area contributed by atoms with Gasteiger partial charge >= 0.3 is 5.97 Å². The predicted molar refractivity (Wildman–Crippen MR) is 74.0 cm³/mol. The molecule has 4 nitrogen and oxygen atoms in total. The molecule has 104 valence electrons. The molecule has 1 saturated carbocycles. The fourth-order valence-corrected chi connectivity index (χ4v) is 2.82. The molecule has 1 aliphatic carbocycles. The van der Waals surface area contributed by atoms with Crippen LogP contribution in [0.5, 0.6) is 0 Å². The van der Waals surface area contributed by atoms with Crippen LogP contribution in [-0.2, 0) is 16.1 Å². The number of pyridine rings is 1. The van der Waals surface area contributed by atoms with Crippen LogP contribution in [0.15, 0.2) is 12.1 Å². The number of nitrogens with two attached hydrogens (primary N) is 1. The monoisotopic (exact) mass is 302 g/mol. The first-order valence-corrected chi connectivity index (χ1v) is 7.06. The molecule has 2 atom stereocenters. The first kappa shape index (κ1) is 14.6. The third-order valence-corrected chi connectivity index (χ3v) is 3.71. The van der Waals surface area contributed by atoms with Gasteiger partial charge in [-0.3, -0.25) is 4.79 Å². The Bertz CT molecular complexity index is 448. The summed E-state index contributed by atoms with van der Waals surface area (Å²) in [6, 6.07) is 3.16. The Balaban J connectivity index is 1.92. The molecule has 0 spiro atoms. The maximum absolute atomic E-state index is 12.0. The van der Waals surface area contributed by atoms with Crippen molar-refractivity contribution in [2.24, 2.45) is 11.7 Å². The molecule has 0 amide bonds. The Kier molecular flexibility index (Phi) is 5.02. The predicted octanol–water partition coefficient (Wildman–Crippen LogP) is 2.95. The molecule has 6 heteroatoms. The number of halogens is 2. The smallest absolute Gasteiger partial charge is 0.310 e. The second-order valence-electron chi connectivity index (χ2n) is 4.78. The maximum Gasteiger partial charge on any atom is 0.310 e. The first-order valence-electron chi connectivity index (χ1n) is 6.30. The summed E-state index contributed by atoms with van der Waals surface area (Å²) in [5.74, 6) is -0.433. The molecule has 2 N–H and O–H groups in total. The highest BCUT2D eigenvalue weighted by Crippen LogP contribution is 2.24. The van der Waals surface area contributed by atoms with Gasteiger partial charge in [-0.15, -0.1) is 0 Å². The second kappa shape index (κ2) is 6.55. The highest BCUT2D eigenvalue weighted by molar-refractivity contribution is 6.32. The molecule has 0 saturated heterocycles. The molecule has 1 aromatic rings. The molecule has 0 radical (unpaired) electrons. The van der Waals surface area contributed by atoms with Gasteiger partial charge in [-0.25, -0.2) is 4.98 Å². The standard InChI is InChI=1S/C13H16Cl2N2O2/c14-11-5-8(6-12(15)17-11)7-19-13(18)9-3-1-2-4-10(9)16/h5-6,9-10H,1-4,7,16H2/t9-,10-/m0/s1. The summed E-state index contributed by atoms with van der Waals surface area (Å²) >= 11 is 11.6. The van der Waals surface area contributed by atoms with Gasteiger partial charge in [0, 0.05) is 6.04 Å². The molecule has 2 rings (SSSR count). The van der Waals surface area contributed by atoms with Crippen LogP contribution in [0.3, 0.4) is 0 Å². The minimum Gasteiger partial charge on any atom is -0.461 e. The minimum atomic E-state index is -0.240. The van der Waals surface area contributed by atoms with Crippen LogP contribution in [0.2, 0.25) is 10.3 Å². The lowest BCUT2D eigenvalue weighted by atomic mass is 9.85. The summed E-state index contributed by atoms with van der Waals surface area (Å²) in [6.07, 6.45) is 3.80. The fourth-order valence-electron chi connectivity index (χ4n) is 2.31. The molecule has 0 bridgehead atoms. The van der Waals surface area contributed by atoms with E-state index in [2.05, 4.69) is 4.98 Å². The van der Waals surface area contributed by atoms with Gasteiger partial charge in [0.15, 0.2) is 0 Å². The Labute approximate surface area is 122 Å². The van der Waals surface area contributed by atoms with Gasteiger partial charge in [0.05, 0.1) is 5.92 Å². The van der Waals surface area contributed by atoms with Crippen molar-refractivity contribution < 1.29 is 9.53 Å². The number of ether oxygens (including phenoxy) is 1. The van der Waals surface area contributed by atoms with E-state index in [4.69, 9.17) is 33.7 Å². The molecule has 0 aromatic carbocycles. The largest absolute Gasteiger partial charge is 0.461 e. The third-order valence-electron chi connectivity index (χ3n) is 3.33.